The SMILES string of the molecule is CCCn1c(O)c(C(=O)COc2ccccc2C)c(C)c(C#N)c1=O. The zero-order valence-corrected chi connectivity index (χ0v) is 14.5. The van der Waals surface area contributed by atoms with Gasteiger partial charge in [0.05, 0.1) is 5.56 Å². The highest BCUT2D eigenvalue weighted by Gasteiger charge is 2.24. The van der Waals surface area contributed by atoms with Crippen molar-refractivity contribution in [2.24, 2.45) is 0 Å². The van der Waals surface area contributed by atoms with Gasteiger partial charge < -0.3 is 9.84 Å². The zero-order valence-electron chi connectivity index (χ0n) is 14.5. The van der Waals surface area contributed by atoms with Crippen LogP contribution in [0.3, 0.4) is 0 Å². The Balaban J connectivity index is 2.42. The molecule has 0 atom stereocenters. The van der Waals surface area contributed by atoms with Gasteiger partial charge in [-0.05, 0) is 37.5 Å². The van der Waals surface area contributed by atoms with Crippen molar-refractivity contribution >= 4 is 5.78 Å². The molecule has 2 rings (SSSR count). The number of aryl methyl sites for hydroxylation is 1. The molecule has 1 heterocycles. The van der Waals surface area contributed by atoms with Crippen LogP contribution in [0, 0.1) is 25.2 Å². The van der Waals surface area contributed by atoms with Crippen LogP contribution < -0.4 is 10.3 Å². The van der Waals surface area contributed by atoms with Gasteiger partial charge in [-0.3, -0.25) is 14.2 Å². The van der Waals surface area contributed by atoms with E-state index in [0.717, 1.165) is 10.1 Å². The van der Waals surface area contributed by atoms with E-state index < -0.39 is 17.2 Å². The maximum atomic E-state index is 12.6. The van der Waals surface area contributed by atoms with Crippen molar-refractivity contribution in [3.63, 3.8) is 0 Å². The minimum atomic E-state index is -0.587. The minimum Gasteiger partial charge on any atom is -0.494 e. The Hall–Kier alpha value is -3.07. The number of nitriles is 1. The van der Waals surface area contributed by atoms with Crippen LogP contribution in [0.4, 0.5) is 0 Å². The van der Waals surface area contributed by atoms with Gasteiger partial charge in [-0.1, -0.05) is 25.1 Å². The summed E-state index contributed by atoms with van der Waals surface area (Å²) in [6.45, 7) is 5.10. The molecule has 6 nitrogen and oxygen atoms in total. The molecule has 0 aliphatic carbocycles. The van der Waals surface area contributed by atoms with Crippen LogP contribution in [-0.4, -0.2) is 22.1 Å². The van der Waals surface area contributed by atoms with Gasteiger partial charge in [0.25, 0.3) is 5.56 Å². The molecule has 0 saturated heterocycles. The van der Waals surface area contributed by atoms with E-state index in [1.54, 1.807) is 12.1 Å². The maximum Gasteiger partial charge on any atom is 0.271 e. The first-order chi connectivity index (χ1) is 11.9. The summed E-state index contributed by atoms with van der Waals surface area (Å²) >= 11 is 0. The summed E-state index contributed by atoms with van der Waals surface area (Å²) in [7, 11) is 0. The summed E-state index contributed by atoms with van der Waals surface area (Å²) in [5.41, 5.74) is 0.292. The molecule has 1 N–H and O–H groups in total. The van der Waals surface area contributed by atoms with Crippen LogP contribution in [0.15, 0.2) is 29.1 Å². The average molecular weight is 340 g/mol. The number of aromatic hydroxyl groups is 1. The van der Waals surface area contributed by atoms with Crippen molar-refractivity contribution in [3.8, 4) is 17.7 Å². The largest absolute Gasteiger partial charge is 0.494 e. The van der Waals surface area contributed by atoms with Crippen LogP contribution >= 0.6 is 0 Å². The predicted octanol–water partition coefficient (Wildman–Crippen LogP) is 2.71. The van der Waals surface area contributed by atoms with E-state index in [9.17, 15) is 20.0 Å². The second-order valence-electron chi connectivity index (χ2n) is 5.74. The third kappa shape index (κ3) is 3.56. The van der Waals surface area contributed by atoms with Crippen molar-refractivity contribution in [1.82, 2.24) is 4.57 Å². The number of para-hydroxylation sites is 1. The molecule has 0 aliphatic rings. The van der Waals surface area contributed by atoms with Crippen LogP contribution in [0.1, 0.15) is 40.4 Å². The van der Waals surface area contributed by atoms with Gasteiger partial charge in [0, 0.05) is 6.54 Å². The first-order valence-corrected chi connectivity index (χ1v) is 8.00. The fraction of sp³-hybridized carbons (Fsp3) is 0.316. The summed E-state index contributed by atoms with van der Waals surface area (Å²) < 4.78 is 6.60. The summed E-state index contributed by atoms with van der Waals surface area (Å²) in [6.07, 6.45) is 0.578. The minimum absolute atomic E-state index is 0.0433. The van der Waals surface area contributed by atoms with Crippen molar-refractivity contribution in [2.45, 2.75) is 33.7 Å². The number of benzene rings is 1. The molecule has 0 fully saturated rings. The number of carbonyl (C=O) groups excluding carboxylic acids is 1. The topological polar surface area (TPSA) is 92.3 Å². The Morgan fingerprint density at radius 2 is 2.00 bits per heavy atom. The second-order valence-corrected chi connectivity index (χ2v) is 5.74. The Bertz CT molecular complexity index is 907. The van der Waals surface area contributed by atoms with E-state index in [0.29, 0.717) is 12.2 Å². The lowest BCUT2D eigenvalue weighted by Gasteiger charge is -2.15. The van der Waals surface area contributed by atoms with Crippen molar-refractivity contribution < 1.29 is 14.6 Å². The van der Waals surface area contributed by atoms with Gasteiger partial charge in [0.2, 0.25) is 11.7 Å². The molecule has 2 aromatic rings. The summed E-state index contributed by atoms with van der Waals surface area (Å²) in [4.78, 5) is 24.9. The fourth-order valence-electron chi connectivity index (χ4n) is 2.65. The summed E-state index contributed by atoms with van der Waals surface area (Å²) in [5.74, 6) is -0.336. The highest BCUT2D eigenvalue weighted by Crippen LogP contribution is 2.23. The number of ketones is 1. The molecule has 25 heavy (non-hydrogen) atoms. The highest BCUT2D eigenvalue weighted by atomic mass is 16.5. The maximum absolute atomic E-state index is 12.6. The standard InChI is InChI=1S/C19H20N2O4/c1-4-9-21-18(23)14(10-20)13(3)17(19(21)24)15(22)11-25-16-8-6-5-7-12(16)2/h5-8,24H,4,9,11H2,1-3H3. The Kier molecular flexibility index (Phi) is 5.60. The molecule has 0 spiro atoms. The molecule has 0 aliphatic heterocycles. The van der Waals surface area contributed by atoms with Gasteiger partial charge in [-0.2, -0.15) is 5.26 Å². The predicted molar refractivity (Wildman–Crippen MR) is 93.1 cm³/mol. The van der Waals surface area contributed by atoms with E-state index >= 15 is 0 Å². The van der Waals surface area contributed by atoms with Crippen LogP contribution in [-0.2, 0) is 6.54 Å². The smallest absolute Gasteiger partial charge is 0.271 e. The fourth-order valence-corrected chi connectivity index (χ4v) is 2.65. The molecule has 1 aromatic heterocycles. The number of nitrogens with zero attached hydrogens (tertiary/aromatic N) is 2. The molecule has 130 valence electrons. The molecule has 0 unspecified atom stereocenters. The van der Waals surface area contributed by atoms with Gasteiger partial charge in [-0.25, -0.2) is 0 Å². The molecule has 0 saturated carbocycles. The molecular weight excluding hydrogens is 320 g/mol. The molecule has 1 aromatic carbocycles. The number of pyridine rings is 1. The quantitative estimate of drug-likeness (QED) is 0.816. The molecular formula is C19H20N2O4. The summed E-state index contributed by atoms with van der Waals surface area (Å²) in [6, 6.07) is 9.09. The highest BCUT2D eigenvalue weighted by molar-refractivity contribution is 6.01. The molecule has 0 bridgehead atoms. The number of carbonyl (C=O) groups is 1. The number of ether oxygens (including phenoxy) is 1. The van der Waals surface area contributed by atoms with E-state index in [2.05, 4.69) is 0 Å². The van der Waals surface area contributed by atoms with Crippen LogP contribution in [0.5, 0.6) is 11.6 Å². The van der Waals surface area contributed by atoms with Gasteiger partial charge in [0.1, 0.15) is 17.4 Å². The van der Waals surface area contributed by atoms with Crippen molar-refractivity contribution in [1.29, 1.82) is 5.26 Å². The number of hydrogen-bond acceptors (Lipinski definition) is 5. The average Bonchev–Trinajstić information content (AvgIpc) is 2.58. The number of Topliss-reactive ketones (excluding diaryl/α,β-unsaturated/α-hetero) is 1. The summed E-state index contributed by atoms with van der Waals surface area (Å²) in [5, 5.41) is 19.6. The van der Waals surface area contributed by atoms with Crippen LogP contribution in [0.2, 0.25) is 0 Å². The zero-order chi connectivity index (χ0) is 18.6. The third-order valence-corrected chi connectivity index (χ3v) is 3.98. The number of hydrogen-bond donors (Lipinski definition) is 1. The normalized spacial score (nSPS) is 10.3. The monoisotopic (exact) mass is 340 g/mol. The lowest BCUT2D eigenvalue weighted by Crippen LogP contribution is -2.27. The van der Waals surface area contributed by atoms with Gasteiger partial charge in [0.15, 0.2) is 6.61 Å². The van der Waals surface area contributed by atoms with E-state index in [4.69, 9.17) is 4.74 Å². The lowest BCUT2D eigenvalue weighted by molar-refractivity contribution is 0.0916. The van der Waals surface area contributed by atoms with Crippen molar-refractivity contribution in [3.05, 3.63) is 56.9 Å². The van der Waals surface area contributed by atoms with Crippen LogP contribution in [0.25, 0.3) is 0 Å². The lowest BCUT2D eigenvalue weighted by atomic mass is 10.0. The Labute approximate surface area is 145 Å². The first kappa shape index (κ1) is 18.3. The van der Waals surface area contributed by atoms with E-state index in [1.165, 1.54) is 6.92 Å². The molecule has 6 heteroatoms. The van der Waals surface area contributed by atoms with Crippen molar-refractivity contribution in [2.75, 3.05) is 6.61 Å². The third-order valence-electron chi connectivity index (χ3n) is 3.98. The second kappa shape index (κ2) is 7.67. The van der Waals surface area contributed by atoms with Gasteiger partial charge >= 0.3 is 0 Å². The van der Waals surface area contributed by atoms with E-state index in [-0.39, 0.29) is 29.8 Å². The molecule has 0 radical (unpaired) electrons. The number of rotatable bonds is 6. The van der Waals surface area contributed by atoms with Gasteiger partial charge in [-0.15, -0.1) is 0 Å². The number of aromatic nitrogens is 1. The first-order valence-electron chi connectivity index (χ1n) is 8.00. The molecule has 0 amide bonds. The Morgan fingerprint density at radius 1 is 1.32 bits per heavy atom. The Morgan fingerprint density at radius 3 is 2.60 bits per heavy atom. The van der Waals surface area contributed by atoms with E-state index in [1.807, 2.05) is 32.0 Å².